The van der Waals surface area contributed by atoms with E-state index >= 15 is 0 Å². The van der Waals surface area contributed by atoms with Gasteiger partial charge in [0.05, 0.1) is 17.4 Å². The molecular formula is C25H22F4N6O2. The first-order valence-electron chi connectivity index (χ1n) is 11.8. The molecule has 0 radical (unpaired) electrons. The molecule has 3 aromatic rings. The number of nitrogens with one attached hydrogen (secondary N) is 3. The Morgan fingerprint density at radius 2 is 1.86 bits per heavy atom. The molecule has 0 bridgehead atoms. The fourth-order valence-corrected chi connectivity index (χ4v) is 4.87. The van der Waals surface area contributed by atoms with Crippen LogP contribution >= 0.6 is 0 Å². The molecule has 0 atom stereocenters. The number of alkyl halides is 3. The number of halogens is 4. The normalized spacial score (nSPS) is 17.9. The minimum atomic E-state index is -4.91. The van der Waals surface area contributed by atoms with E-state index in [2.05, 4.69) is 30.7 Å². The highest BCUT2D eigenvalue weighted by Gasteiger charge is 2.52. The van der Waals surface area contributed by atoms with Gasteiger partial charge in [-0.15, -0.1) is 13.2 Å². The molecular weight excluding hydrogens is 492 g/mol. The van der Waals surface area contributed by atoms with E-state index in [1.165, 1.54) is 12.1 Å². The Morgan fingerprint density at radius 3 is 2.59 bits per heavy atom. The number of hydrogen-bond acceptors (Lipinski definition) is 7. The highest BCUT2D eigenvalue weighted by Crippen LogP contribution is 2.50. The molecule has 6 rings (SSSR count). The summed E-state index contributed by atoms with van der Waals surface area (Å²) < 4.78 is 58.2. The maximum absolute atomic E-state index is 14.8. The van der Waals surface area contributed by atoms with Gasteiger partial charge < -0.3 is 25.6 Å². The molecule has 1 aromatic heterocycles. The summed E-state index contributed by atoms with van der Waals surface area (Å²) in [4.78, 5) is 22.6. The van der Waals surface area contributed by atoms with Crippen molar-refractivity contribution in [3.8, 4) is 17.0 Å². The number of piperazine rings is 1. The molecule has 1 spiro atoms. The predicted molar refractivity (Wildman–Crippen MR) is 127 cm³/mol. The Hall–Kier alpha value is -3.93. The zero-order valence-electron chi connectivity index (χ0n) is 19.5. The van der Waals surface area contributed by atoms with Gasteiger partial charge in [-0.05, 0) is 42.7 Å². The molecule has 2 aromatic carbocycles. The fourth-order valence-electron chi connectivity index (χ4n) is 4.87. The van der Waals surface area contributed by atoms with Gasteiger partial charge in [0.1, 0.15) is 5.69 Å². The van der Waals surface area contributed by atoms with E-state index in [4.69, 9.17) is 0 Å². The van der Waals surface area contributed by atoms with E-state index in [1.807, 2.05) is 4.90 Å². The number of fused-ring (bicyclic) bond motifs is 2. The van der Waals surface area contributed by atoms with Gasteiger partial charge >= 0.3 is 6.36 Å². The summed E-state index contributed by atoms with van der Waals surface area (Å²) >= 11 is 0. The summed E-state index contributed by atoms with van der Waals surface area (Å²) in [5, 5.41) is 8.96. The van der Waals surface area contributed by atoms with E-state index in [-0.39, 0.29) is 28.8 Å². The van der Waals surface area contributed by atoms with Crippen LogP contribution in [0.2, 0.25) is 0 Å². The standard InChI is InChI=1S/C25H22F4N6O2/c26-18-13-31-23(33-21(18)14-1-3-17-16(11-14)22(36)34-24(17)5-6-24)32-19-12-15(35-9-7-30-8-10-35)2-4-20(19)37-25(27,28)29/h1-4,11-13,30H,5-10H2,(H,34,36)(H,31,32,33). The monoisotopic (exact) mass is 514 g/mol. The van der Waals surface area contributed by atoms with Gasteiger partial charge in [-0.2, -0.15) is 0 Å². The molecule has 1 saturated carbocycles. The van der Waals surface area contributed by atoms with Crippen LogP contribution in [0.4, 0.5) is 34.9 Å². The number of benzene rings is 2. The van der Waals surface area contributed by atoms with E-state index in [9.17, 15) is 22.4 Å². The molecule has 37 heavy (non-hydrogen) atoms. The predicted octanol–water partition coefficient (Wildman–Crippen LogP) is 4.07. The average molecular weight is 514 g/mol. The third-order valence-electron chi connectivity index (χ3n) is 6.82. The number of carbonyl (C=O) groups is 1. The zero-order chi connectivity index (χ0) is 25.8. The Bertz CT molecular complexity index is 1390. The maximum atomic E-state index is 14.8. The van der Waals surface area contributed by atoms with Crippen molar-refractivity contribution in [3.63, 3.8) is 0 Å². The summed E-state index contributed by atoms with van der Waals surface area (Å²) in [7, 11) is 0. The smallest absolute Gasteiger partial charge is 0.404 e. The van der Waals surface area contributed by atoms with Crippen molar-refractivity contribution in [1.29, 1.82) is 0 Å². The van der Waals surface area contributed by atoms with Crippen molar-refractivity contribution in [3.05, 3.63) is 59.5 Å². The lowest BCUT2D eigenvalue weighted by Crippen LogP contribution is -2.43. The third-order valence-corrected chi connectivity index (χ3v) is 6.82. The SMILES string of the molecule is O=C1NC2(CC2)c2ccc(-c3nc(Nc4cc(N5CCNCC5)ccc4OC(F)(F)F)ncc3F)cc21. The Kier molecular flexibility index (Phi) is 5.44. The Labute approximate surface area is 209 Å². The molecule has 1 aliphatic carbocycles. The van der Waals surface area contributed by atoms with Crippen molar-refractivity contribution in [2.75, 3.05) is 36.4 Å². The van der Waals surface area contributed by atoms with Crippen LogP contribution in [0.25, 0.3) is 11.3 Å². The first-order valence-corrected chi connectivity index (χ1v) is 11.8. The van der Waals surface area contributed by atoms with Crippen LogP contribution in [-0.2, 0) is 5.54 Å². The second kappa shape index (κ2) is 8.58. The highest BCUT2D eigenvalue weighted by molar-refractivity contribution is 6.01. The molecule has 0 unspecified atom stereocenters. The number of rotatable bonds is 5. The second-order valence-electron chi connectivity index (χ2n) is 9.28. The van der Waals surface area contributed by atoms with Gasteiger partial charge in [-0.1, -0.05) is 12.1 Å². The van der Waals surface area contributed by atoms with Crippen molar-refractivity contribution in [2.24, 2.45) is 0 Å². The van der Waals surface area contributed by atoms with Crippen LogP contribution in [0.1, 0.15) is 28.8 Å². The molecule has 1 saturated heterocycles. The molecule has 3 N–H and O–H groups in total. The lowest BCUT2D eigenvalue weighted by Gasteiger charge is -2.30. The van der Waals surface area contributed by atoms with E-state index in [0.29, 0.717) is 29.9 Å². The van der Waals surface area contributed by atoms with Crippen molar-refractivity contribution >= 4 is 23.2 Å². The van der Waals surface area contributed by atoms with Crippen LogP contribution in [0, 0.1) is 5.82 Å². The van der Waals surface area contributed by atoms with Gasteiger partial charge in [0.15, 0.2) is 11.6 Å². The Morgan fingerprint density at radius 1 is 1.08 bits per heavy atom. The third kappa shape index (κ3) is 4.52. The first-order chi connectivity index (χ1) is 17.7. The van der Waals surface area contributed by atoms with Crippen LogP contribution in [0.3, 0.4) is 0 Å². The Balaban J connectivity index is 1.34. The quantitative estimate of drug-likeness (QED) is 0.443. The minimum Gasteiger partial charge on any atom is -0.404 e. The number of aromatic nitrogens is 2. The van der Waals surface area contributed by atoms with Gasteiger partial charge in [-0.25, -0.2) is 14.4 Å². The maximum Gasteiger partial charge on any atom is 0.573 e. The molecule has 3 aliphatic rings. The lowest BCUT2D eigenvalue weighted by molar-refractivity contribution is -0.274. The molecule has 12 heteroatoms. The minimum absolute atomic E-state index is 0.0186. The molecule has 8 nitrogen and oxygen atoms in total. The number of anilines is 3. The summed E-state index contributed by atoms with van der Waals surface area (Å²) in [5.74, 6) is -1.54. The number of carbonyl (C=O) groups excluding carboxylic acids is 1. The van der Waals surface area contributed by atoms with E-state index in [1.54, 1.807) is 24.3 Å². The number of amides is 1. The second-order valence-corrected chi connectivity index (χ2v) is 9.28. The number of nitrogens with zero attached hydrogens (tertiary/aromatic N) is 3. The van der Waals surface area contributed by atoms with Gasteiger partial charge in [0.2, 0.25) is 5.95 Å². The van der Waals surface area contributed by atoms with Crippen LogP contribution in [0.5, 0.6) is 5.75 Å². The summed E-state index contributed by atoms with van der Waals surface area (Å²) in [6, 6.07) is 9.35. The van der Waals surface area contributed by atoms with E-state index in [0.717, 1.165) is 37.7 Å². The van der Waals surface area contributed by atoms with Crippen LogP contribution < -0.4 is 25.6 Å². The molecule has 2 aliphatic heterocycles. The van der Waals surface area contributed by atoms with Gasteiger partial charge in [0.25, 0.3) is 5.91 Å². The van der Waals surface area contributed by atoms with Gasteiger partial charge in [-0.3, -0.25) is 4.79 Å². The van der Waals surface area contributed by atoms with Crippen molar-refractivity contribution < 1.29 is 27.1 Å². The first kappa shape index (κ1) is 23.5. The largest absolute Gasteiger partial charge is 0.573 e. The van der Waals surface area contributed by atoms with Crippen LogP contribution in [0.15, 0.2) is 42.6 Å². The number of hydrogen-bond donors (Lipinski definition) is 3. The summed E-state index contributed by atoms with van der Waals surface area (Å²) in [6.07, 6.45) is -2.26. The molecule has 1 amide bonds. The van der Waals surface area contributed by atoms with Crippen LogP contribution in [-0.4, -0.2) is 48.4 Å². The van der Waals surface area contributed by atoms with Gasteiger partial charge in [0, 0.05) is 43.0 Å². The summed E-state index contributed by atoms with van der Waals surface area (Å²) in [5.41, 5.74) is 1.98. The highest BCUT2D eigenvalue weighted by atomic mass is 19.4. The fraction of sp³-hybridized carbons (Fsp3) is 0.320. The van der Waals surface area contributed by atoms with Crippen molar-refractivity contribution in [1.82, 2.24) is 20.6 Å². The number of ether oxygens (including phenoxy) is 1. The molecule has 2 fully saturated rings. The van der Waals surface area contributed by atoms with E-state index < -0.39 is 17.9 Å². The van der Waals surface area contributed by atoms with Crippen molar-refractivity contribution in [2.45, 2.75) is 24.7 Å². The lowest BCUT2D eigenvalue weighted by atomic mass is 9.99. The zero-order valence-corrected chi connectivity index (χ0v) is 19.5. The molecule has 3 heterocycles. The summed E-state index contributed by atoms with van der Waals surface area (Å²) in [6.45, 7) is 2.86. The topological polar surface area (TPSA) is 91.4 Å². The average Bonchev–Trinajstić information content (AvgIpc) is 3.60. The molecule has 192 valence electrons.